The van der Waals surface area contributed by atoms with E-state index in [2.05, 4.69) is 130 Å². The lowest BCUT2D eigenvalue weighted by Crippen LogP contribution is -2.61. The third-order valence-corrected chi connectivity index (χ3v) is 12.0. The molecule has 1 aliphatic rings. The predicted octanol–water partition coefficient (Wildman–Crippen LogP) is 14.4. The fourth-order valence-electron chi connectivity index (χ4n) is 7.68. The number of unbranched alkanes of at least 4 members (excludes halogenated alkanes) is 12. The highest BCUT2D eigenvalue weighted by Gasteiger charge is 2.50. The molecule has 3 N–H and O–H groups in total. The molecule has 12 nitrogen and oxygen atoms in total. The number of rotatable bonds is 46. The average Bonchev–Trinajstić information content (AvgIpc) is 3.39. The van der Waals surface area contributed by atoms with E-state index >= 15 is 0 Å². The summed E-state index contributed by atoms with van der Waals surface area (Å²) in [5.74, 6) is -3.29. The molecule has 0 bridgehead atoms. The Labute approximate surface area is 452 Å². The maximum Gasteiger partial charge on any atom is 0.335 e. The molecule has 0 amide bonds. The molecule has 0 aromatic carbocycles. The van der Waals surface area contributed by atoms with Crippen molar-refractivity contribution in [3.05, 3.63) is 122 Å². The fourth-order valence-corrected chi connectivity index (χ4v) is 7.68. The number of allylic oxidation sites excluding steroid dienone is 20. The number of hydrogen-bond acceptors (Lipinski definition) is 11. The Morgan fingerprint density at radius 2 is 0.867 bits per heavy atom. The fraction of sp³-hybridized carbons (Fsp3) is 0.619. The van der Waals surface area contributed by atoms with Gasteiger partial charge in [0.25, 0.3) is 0 Å². The monoisotopic (exact) mass is 1050 g/mol. The minimum absolute atomic E-state index is 0.0267. The quantitative estimate of drug-likeness (QED) is 0.0228. The zero-order chi connectivity index (χ0) is 54.7. The Bertz CT molecular complexity index is 1770. The molecule has 0 aromatic rings. The van der Waals surface area contributed by atoms with Crippen molar-refractivity contribution in [2.24, 2.45) is 0 Å². The molecule has 1 saturated heterocycles. The van der Waals surface area contributed by atoms with E-state index in [0.29, 0.717) is 19.3 Å². The van der Waals surface area contributed by atoms with Gasteiger partial charge in [-0.2, -0.15) is 0 Å². The Morgan fingerprint density at radius 1 is 0.453 bits per heavy atom. The van der Waals surface area contributed by atoms with Crippen LogP contribution in [0.2, 0.25) is 0 Å². The first kappa shape index (κ1) is 68.1. The van der Waals surface area contributed by atoms with E-state index in [0.717, 1.165) is 128 Å². The van der Waals surface area contributed by atoms with Crippen molar-refractivity contribution in [1.82, 2.24) is 0 Å². The molecule has 1 rings (SSSR count). The van der Waals surface area contributed by atoms with Crippen molar-refractivity contribution >= 4 is 23.9 Å². The van der Waals surface area contributed by atoms with Crippen LogP contribution in [0.5, 0.6) is 0 Å². The Kier molecular flexibility index (Phi) is 45.4. The molecular weight excluding hydrogens is 949 g/mol. The van der Waals surface area contributed by atoms with Crippen LogP contribution in [0.25, 0.3) is 0 Å². The summed E-state index contributed by atoms with van der Waals surface area (Å²) in [5, 5.41) is 31.4. The van der Waals surface area contributed by atoms with Crippen LogP contribution >= 0.6 is 0 Å². The van der Waals surface area contributed by atoms with Crippen LogP contribution in [0.4, 0.5) is 0 Å². The molecule has 75 heavy (non-hydrogen) atoms. The van der Waals surface area contributed by atoms with Crippen molar-refractivity contribution in [1.29, 1.82) is 0 Å². The highest BCUT2D eigenvalue weighted by atomic mass is 16.7. The van der Waals surface area contributed by atoms with Crippen molar-refractivity contribution in [2.45, 2.75) is 237 Å². The second kappa shape index (κ2) is 50.0. The molecule has 1 fully saturated rings. The number of esters is 3. The van der Waals surface area contributed by atoms with Gasteiger partial charge in [-0.1, -0.05) is 194 Å². The molecule has 6 unspecified atom stereocenters. The van der Waals surface area contributed by atoms with Crippen LogP contribution < -0.4 is 0 Å². The van der Waals surface area contributed by atoms with E-state index in [1.165, 1.54) is 12.8 Å². The minimum atomic E-state index is -1.92. The number of ether oxygens (including phenoxy) is 5. The number of carbonyl (C=O) groups excluding carboxylic acids is 3. The van der Waals surface area contributed by atoms with Gasteiger partial charge in [-0.3, -0.25) is 14.4 Å². The Hall–Kier alpha value is -4.88. The Morgan fingerprint density at radius 3 is 1.35 bits per heavy atom. The maximum absolute atomic E-state index is 13.1. The van der Waals surface area contributed by atoms with Crippen LogP contribution in [0.3, 0.4) is 0 Å². The summed E-state index contributed by atoms with van der Waals surface area (Å²) in [6, 6.07) is 0. The molecule has 0 saturated carbocycles. The molecule has 12 heteroatoms. The van der Waals surface area contributed by atoms with Crippen LogP contribution in [-0.2, 0) is 42.9 Å². The van der Waals surface area contributed by atoms with Gasteiger partial charge in [0.15, 0.2) is 24.6 Å². The number of carbonyl (C=O) groups is 4. The first-order valence-electron chi connectivity index (χ1n) is 28.5. The number of aliphatic hydroxyl groups excluding tert-OH is 2. The molecule has 1 aliphatic heterocycles. The Balaban J connectivity index is 2.75. The zero-order valence-corrected chi connectivity index (χ0v) is 46.2. The molecule has 1 heterocycles. The average molecular weight is 1050 g/mol. The van der Waals surface area contributed by atoms with Crippen LogP contribution in [0, 0.1) is 0 Å². The van der Waals surface area contributed by atoms with Crippen LogP contribution in [0.1, 0.15) is 201 Å². The lowest BCUT2D eigenvalue weighted by atomic mass is 9.98. The summed E-state index contributed by atoms with van der Waals surface area (Å²) in [5.41, 5.74) is 0. The molecule has 0 spiro atoms. The number of carboxylic acid groups (broad SMARTS) is 1. The van der Waals surface area contributed by atoms with Crippen LogP contribution in [0.15, 0.2) is 122 Å². The third kappa shape index (κ3) is 40.1. The van der Waals surface area contributed by atoms with E-state index in [1.54, 1.807) is 0 Å². The molecule has 422 valence electrons. The van der Waals surface area contributed by atoms with Crippen molar-refractivity contribution in [2.75, 3.05) is 13.2 Å². The first-order chi connectivity index (χ1) is 36.6. The van der Waals surface area contributed by atoms with E-state index in [-0.39, 0.29) is 25.9 Å². The van der Waals surface area contributed by atoms with E-state index < -0.39 is 67.3 Å². The van der Waals surface area contributed by atoms with E-state index in [4.69, 9.17) is 23.7 Å². The number of aliphatic hydroxyl groups is 2. The summed E-state index contributed by atoms with van der Waals surface area (Å²) in [4.78, 5) is 51.0. The van der Waals surface area contributed by atoms with Gasteiger partial charge in [-0.05, 0) is 109 Å². The first-order valence-corrected chi connectivity index (χ1v) is 28.5. The standard InChI is InChI=1S/C63H98O12/c1-4-7-10-13-16-19-22-24-26-27-28-29-31-32-35-37-40-43-46-49-55(64)71-52-54(73-56(65)50-47-44-41-38-34-21-18-15-12-9-6-3)53-72-63-61(59(68)58(67)60(75-63)62(69)70)74-57(66)51-48-45-42-39-36-33-30-25-23-20-17-14-11-8-5-2/h7-8,10-11,15-20,24-26,28-30,32,35,40,43,54,58-61,63,67-68H,4-6,9,12-14,21-23,27,31,33-34,36-39,41-42,44-53H2,1-3H3,(H,69,70)/b10-7-,11-8-,18-15-,19-16-,20-17-,26-24-,29-28-,30-25-,35-32-,43-40-. The van der Waals surface area contributed by atoms with Gasteiger partial charge < -0.3 is 39.0 Å². The smallest absolute Gasteiger partial charge is 0.335 e. The number of hydrogen-bond donors (Lipinski definition) is 3. The second-order valence-electron chi connectivity index (χ2n) is 18.8. The predicted molar refractivity (Wildman–Crippen MR) is 303 cm³/mol. The van der Waals surface area contributed by atoms with Crippen LogP contribution in [-0.4, -0.2) is 89.2 Å². The SMILES string of the molecule is CC/C=C\C/C=C\C/C=C\C/C=C\C/C=C\C/C=C\CCC(=O)OCC(COC1OC(C(=O)O)C(O)C(O)C1OC(=O)CCCCCCC/C=C\C/C=C\C/C=C\CC)OC(=O)CCCCCCC/C=C\CCCC. The maximum atomic E-state index is 13.1. The normalized spacial score (nSPS) is 19.1. The summed E-state index contributed by atoms with van der Waals surface area (Å²) >= 11 is 0. The van der Waals surface area contributed by atoms with Gasteiger partial charge in [0.2, 0.25) is 0 Å². The lowest BCUT2D eigenvalue weighted by molar-refractivity contribution is -0.301. The zero-order valence-electron chi connectivity index (χ0n) is 46.2. The highest BCUT2D eigenvalue weighted by molar-refractivity contribution is 5.74. The van der Waals surface area contributed by atoms with Gasteiger partial charge in [-0.15, -0.1) is 0 Å². The van der Waals surface area contributed by atoms with E-state index in [9.17, 15) is 34.5 Å². The molecule has 6 atom stereocenters. The van der Waals surface area contributed by atoms with Crippen molar-refractivity contribution in [3.63, 3.8) is 0 Å². The lowest BCUT2D eigenvalue weighted by Gasteiger charge is -2.40. The minimum Gasteiger partial charge on any atom is -0.479 e. The van der Waals surface area contributed by atoms with Gasteiger partial charge in [0.1, 0.15) is 18.8 Å². The second-order valence-corrected chi connectivity index (χ2v) is 18.8. The third-order valence-electron chi connectivity index (χ3n) is 12.0. The summed E-state index contributed by atoms with van der Waals surface area (Å²) in [7, 11) is 0. The molecule has 0 aromatic heterocycles. The highest BCUT2D eigenvalue weighted by Crippen LogP contribution is 2.26. The topological polar surface area (TPSA) is 175 Å². The largest absolute Gasteiger partial charge is 0.479 e. The molecular formula is C63H98O12. The van der Waals surface area contributed by atoms with Gasteiger partial charge >= 0.3 is 23.9 Å². The summed E-state index contributed by atoms with van der Waals surface area (Å²) < 4.78 is 28.3. The number of aliphatic carboxylic acids is 1. The number of carboxylic acids is 1. The van der Waals surface area contributed by atoms with Crippen molar-refractivity contribution < 1.29 is 58.2 Å². The van der Waals surface area contributed by atoms with Crippen molar-refractivity contribution in [3.8, 4) is 0 Å². The molecule has 0 radical (unpaired) electrons. The van der Waals surface area contributed by atoms with E-state index in [1.807, 2.05) is 12.2 Å². The molecule has 0 aliphatic carbocycles. The summed E-state index contributed by atoms with van der Waals surface area (Å²) in [6.07, 6.45) is 56.2. The summed E-state index contributed by atoms with van der Waals surface area (Å²) in [6.45, 7) is 5.62. The van der Waals surface area contributed by atoms with Gasteiger partial charge in [0.05, 0.1) is 6.61 Å². The van der Waals surface area contributed by atoms with Gasteiger partial charge in [0, 0.05) is 19.3 Å². The van der Waals surface area contributed by atoms with Gasteiger partial charge in [-0.25, -0.2) is 4.79 Å².